The lowest BCUT2D eigenvalue weighted by Gasteiger charge is -2.21. The van der Waals surface area contributed by atoms with Gasteiger partial charge in [-0.15, -0.1) is 0 Å². The van der Waals surface area contributed by atoms with Gasteiger partial charge in [-0.05, 0) is 70.6 Å². The van der Waals surface area contributed by atoms with Crippen LogP contribution in [0.4, 0.5) is 0 Å². The van der Waals surface area contributed by atoms with E-state index in [0.29, 0.717) is 12.8 Å². The third-order valence-corrected chi connectivity index (χ3v) is 9.20. The van der Waals surface area contributed by atoms with Gasteiger partial charge < -0.3 is 10.4 Å². The summed E-state index contributed by atoms with van der Waals surface area (Å²) in [6.45, 7) is 4.48. The highest BCUT2D eigenvalue weighted by molar-refractivity contribution is 7.85. The molecule has 0 rings (SSSR count). The summed E-state index contributed by atoms with van der Waals surface area (Å²) >= 11 is 0. The van der Waals surface area contributed by atoms with Gasteiger partial charge in [0.1, 0.15) is 0 Å². The molecule has 0 bridgehead atoms. The minimum Gasteiger partial charge on any atom is -0.387 e. The Labute approximate surface area is 296 Å². The van der Waals surface area contributed by atoms with Crippen LogP contribution in [0.15, 0.2) is 60.8 Å². The molecule has 2 atom stereocenters. The van der Waals surface area contributed by atoms with Gasteiger partial charge in [0.15, 0.2) is 0 Å². The number of amides is 1. The van der Waals surface area contributed by atoms with Gasteiger partial charge in [0.25, 0.3) is 10.1 Å². The normalized spacial score (nSPS) is 14.0. The van der Waals surface area contributed by atoms with Crippen molar-refractivity contribution in [1.82, 2.24) is 5.32 Å². The van der Waals surface area contributed by atoms with Crippen molar-refractivity contribution < 1.29 is 22.9 Å². The first kappa shape index (κ1) is 46.0. The van der Waals surface area contributed by atoms with Crippen LogP contribution in [0.2, 0.25) is 0 Å². The van der Waals surface area contributed by atoms with Crippen molar-refractivity contribution in [1.29, 1.82) is 0 Å². The maximum atomic E-state index is 12.5. The Kier molecular flexibility index (Phi) is 33.5. The zero-order chi connectivity index (χ0) is 35.4. The van der Waals surface area contributed by atoms with E-state index in [1.165, 1.54) is 96.0 Å². The van der Waals surface area contributed by atoms with Crippen LogP contribution in [0.5, 0.6) is 0 Å². The van der Waals surface area contributed by atoms with Crippen LogP contribution in [0, 0.1) is 0 Å². The Morgan fingerprint density at radius 3 is 1.46 bits per heavy atom. The molecule has 6 nitrogen and oxygen atoms in total. The minimum absolute atomic E-state index is 0.271. The Balaban J connectivity index is 4.00. The van der Waals surface area contributed by atoms with E-state index in [1.54, 1.807) is 6.08 Å². The first-order valence-electron chi connectivity index (χ1n) is 19.5. The third kappa shape index (κ3) is 35.3. The molecule has 0 aromatic carbocycles. The van der Waals surface area contributed by atoms with Crippen molar-refractivity contribution in [3.05, 3.63) is 60.8 Å². The summed E-state index contributed by atoms with van der Waals surface area (Å²) in [6, 6.07) is -1.08. The highest BCUT2D eigenvalue weighted by Crippen LogP contribution is 2.11. The van der Waals surface area contributed by atoms with Crippen LogP contribution in [-0.4, -0.2) is 41.9 Å². The summed E-state index contributed by atoms with van der Waals surface area (Å²) in [4.78, 5) is 12.5. The lowest BCUT2D eigenvalue weighted by molar-refractivity contribution is -0.122. The third-order valence-electron chi connectivity index (χ3n) is 8.42. The zero-order valence-corrected chi connectivity index (χ0v) is 31.7. The maximum absolute atomic E-state index is 12.5. The maximum Gasteiger partial charge on any atom is 0.267 e. The number of allylic oxidation sites excluding steroid dienone is 9. The van der Waals surface area contributed by atoms with Crippen LogP contribution in [0.3, 0.4) is 0 Å². The first-order valence-corrected chi connectivity index (χ1v) is 21.1. The van der Waals surface area contributed by atoms with Gasteiger partial charge >= 0.3 is 0 Å². The van der Waals surface area contributed by atoms with E-state index < -0.39 is 28.0 Å². The monoisotopic (exact) mass is 692 g/mol. The second kappa shape index (κ2) is 34.9. The van der Waals surface area contributed by atoms with Gasteiger partial charge in [-0.25, -0.2) is 0 Å². The van der Waals surface area contributed by atoms with Crippen LogP contribution < -0.4 is 5.32 Å². The van der Waals surface area contributed by atoms with Crippen molar-refractivity contribution in [3.63, 3.8) is 0 Å². The van der Waals surface area contributed by atoms with Gasteiger partial charge in [-0.2, -0.15) is 8.42 Å². The molecule has 48 heavy (non-hydrogen) atoms. The van der Waals surface area contributed by atoms with Crippen LogP contribution in [-0.2, 0) is 14.9 Å². The van der Waals surface area contributed by atoms with E-state index >= 15 is 0 Å². The highest BCUT2D eigenvalue weighted by atomic mass is 32.2. The van der Waals surface area contributed by atoms with E-state index in [0.717, 1.165) is 51.4 Å². The number of aliphatic hydroxyl groups excluding tert-OH is 1. The molecule has 0 aliphatic heterocycles. The van der Waals surface area contributed by atoms with Gasteiger partial charge in [0, 0.05) is 6.42 Å². The van der Waals surface area contributed by atoms with Gasteiger partial charge in [0.2, 0.25) is 5.91 Å². The molecule has 0 saturated carbocycles. The van der Waals surface area contributed by atoms with E-state index in [2.05, 4.69) is 67.8 Å². The van der Waals surface area contributed by atoms with Crippen molar-refractivity contribution in [3.8, 4) is 0 Å². The molecule has 7 heteroatoms. The van der Waals surface area contributed by atoms with Crippen molar-refractivity contribution in [2.24, 2.45) is 0 Å². The van der Waals surface area contributed by atoms with Crippen LogP contribution in [0.1, 0.15) is 174 Å². The fraction of sp³-hybridized carbons (Fsp3) is 0.732. The summed E-state index contributed by atoms with van der Waals surface area (Å²) in [7, 11) is -4.36. The molecule has 0 heterocycles. The van der Waals surface area contributed by atoms with Gasteiger partial charge in [0.05, 0.1) is 17.9 Å². The second-order valence-electron chi connectivity index (χ2n) is 13.2. The Morgan fingerprint density at radius 2 is 0.958 bits per heavy atom. The number of unbranched alkanes of at least 4 members (excludes halogenated alkanes) is 18. The van der Waals surface area contributed by atoms with Crippen LogP contribution in [0.25, 0.3) is 0 Å². The van der Waals surface area contributed by atoms with Crippen LogP contribution >= 0.6 is 0 Å². The molecular weight excluding hydrogens is 619 g/mol. The predicted molar refractivity (Wildman–Crippen MR) is 207 cm³/mol. The van der Waals surface area contributed by atoms with Crippen molar-refractivity contribution in [2.45, 2.75) is 187 Å². The molecule has 0 aliphatic carbocycles. The summed E-state index contributed by atoms with van der Waals surface area (Å²) in [5.41, 5.74) is 0. The summed E-state index contributed by atoms with van der Waals surface area (Å²) < 4.78 is 32.4. The number of hydrogen-bond acceptors (Lipinski definition) is 4. The number of aliphatic hydroxyl groups is 1. The quantitative estimate of drug-likeness (QED) is 0.0354. The summed E-state index contributed by atoms with van der Waals surface area (Å²) in [5, 5.41) is 13.1. The highest BCUT2D eigenvalue weighted by Gasteiger charge is 2.24. The second-order valence-corrected chi connectivity index (χ2v) is 14.7. The number of rotatable bonds is 34. The molecule has 0 saturated heterocycles. The van der Waals surface area contributed by atoms with Gasteiger partial charge in [-0.1, -0.05) is 158 Å². The lowest BCUT2D eigenvalue weighted by atomic mass is 10.1. The predicted octanol–water partition coefficient (Wildman–Crippen LogP) is 11.3. The zero-order valence-electron chi connectivity index (χ0n) is 30.8. The first-order chi connectivity index (χ1) is 23.3. The fourth-order valence-corrected chi connectivity index (χ4v) is 6.20. The Bertz CT molecular complexity index is 983. The smallest absolute Gasteiger partial charge is 0.267 e. The number of carbonyl (C=O) groups excluding carboxylic acids is 1. The summed E-state index contributed by atoms with van der Waals surface area (Å²) in [5.74, 6) is -1.02. The Hall–Kier alpha value is -1.96. The minimum atomic E-state index is -4.36. The standard InChI is InChI=1S/C41H73NO5S/c1-3-5-7-9-11-13-15-17-18-19-20-21-22-23-24-25-27-29-31-33-35-37-41(44)42-39(38-48(45,46)47)40(43)36-34-32-30-28-26-16-14-12-10-8-6-4-2/h15,17,19-20,22-23,26,28,34,36,39-40,43H,3-14,16,18,21,24-25,27,29-33,35,37-38H2,1-2H3,(H,42,44)(H,45,46,47)/b17-15-,20-19-,23-22-,28-26+,36-34+. The molecular formula is C41H73NO5S. The number of carbonyl (C=O) groups is 1. The average Bonchev–Trinajstić information content (AvgIpc) is 3.05. The SMILES string of the molecule is CCCCCCC/C=C\C/C=C\C/C=C\CCCCCCCCC(=O)NC(CS(=O)(=O)O)C(O)/C=C/CC/C=C/CCCCCCCC. The average molecular weight is 692 g/mol. The molecule has 0 spiro atoms. The van der Waals surface area contributed by atoms with Crippen molar-refractivity contribution in [2.75, 3.05) is 5.75 Å². The van der Waals surface area contributed by atoms with E-state index in [9.17, 15) is 22.9 Å². The van der Waals surface area contributed by atoms with E-state index in [-0.39, 0.29) is 12.3 Å². The largest absolute Gasteiger partial charge is 0.387 e. The Morgan fingerprint density at radius 1 is 0.562 bits per heavy atom. The van der Waals surface area contributed by atoms with E-state index in [1.807, 2.05) is 0 Å². The molecule has 0 radical (unpaired) electrons. The molecule has 0 aromatic heterocycles. The fourth-order valence-electron chi connectivity index (χ4n) is 5.47. The number of nitrogens with one attached hydrogen (secondary N) is 1. The topological polar surface area (TPSA) is 104 Å². The molecule has 0 aliphatic rings. The summed E-state index contributed by atoms with van der Waals surface area (Å²) in [6.07, 6.45) is 47.8. The molecule has 278 valence electrons. The molecule has 1 amide bonds. The molecule has 0 aromatic rings. The number of hydrogen-bond donors (Lipinski definition) is 3. The van der Waals surface area contributed by atoms with Crippen molar-refractivity contribution >= 4 is 16.0 Å². The van der Waals surface area contributed by atoms with Gasteiger partial charge in [-0.3, -0.25) is 9.35 Å². The molecule has 2 unspecified atom stereocenters. The lowest BCUT2D eigenvalue weighted by Crippen LogP contribution is -2.46. The molecule has 3 N–H and O–H groups in total. The molecule has 0 fully saturated rings. The van der Waals surface area contributed by atoms with E-state index in [4.69, 9.17) is 0 Å².